The van der Waals surface area contributed by atoms with Crippen LogP contribution in [0, 0.1) is 0 Å². The molecule has 0 aromatic heterocycles. The zero-order valence-corrected chi connectivity index (χ0v) is 19.3. The first kappa shape index (κ1) is 22.7. The lowest BCUT2D eigenvalue weighted by Crippen LogP contribution is -2.63. The van der Waals surface area contributed by atoms with Crippen LogP contribution in [0.1, 0.15) is 30.5 Å². The van der Waals surface area contributed by atoms with Crippen molar-refractivity contribution in [3.8, 4) is 0 Å². The van der Waals surface area contributed by atoms with Crippen LogP contribution in [0.15, 0.2) is 91.0 Å². The minimum absolute atomic E-state index is 0.0681. The molecular weight excluding hydrogens is 430 g/mol. The Labute approximate surface area is 199 Å². The minimum atomic E-state index is -0.982. The molecule has 0 aliphatic carbocycles. The van der Waals surface area contributed by atoms with E-state index in [1.54, 1.807) is 13.8 Å². The van der Waals surface area contributed by atoms with Crippen LogP contribution in [0.4, 0.5) is 0 Å². The molecule has 176 valence electrons. The van der Waals surface area contributed by atoms with E-state index in [1.165, 1.54) is 0 Å². The molecule has 3 aromatic carbocycles. The van der Waals surface area contributed by atoms with E-state index in [0.29, 0.717) is 0 Å². The van der Waals surface area contributed by atoms with Crippen molar-refractivity contribution >= 4 is 5.91 Å². The standard InChI is InChI=1S/C28H29NO5/c1-27(2)33-24-23(30)22(29-26(31)25(24)34-27)18-32-28(19-12-6-3-7-13-19,20-14-8-4-9-15-20)21-16-10-5-11-17-21/h3-17,22-25,30H,18H2,1-2H3,(H,29,31)/t22-,23-,24-,25-/m1/s1. The smallest absolute Gasteiger partial charge is 0.252 e. The lowest BCUT2D eigenvalue weighted by molar-refractivity contribution is -0.157. The lowest BCUT2D eigenvalue weighted by Gasteiger charge is -2.40. The first-order chi connectivity index (χ1) is 16.4. The zero-order chi connectivity index (χ0) is 23.8. The predicted octanol–water partition coefficient (Wildman–Crippen LogP) is 3.37. The highest BCUT2D eigenvalue weighted by atomic mass is 16.8. The van der Waals surface area contributed by atoms with Gasteiger partial charge in [0.2, 0.25) is 0 Å². The second-order valence-corrected chi connectivity index (χ2v) is 9.22. The first-order valence-electron chi connectivity index (χ1n) is 11.6. The molecule has 6 nitrogen and oxygen atoms in total. The van der Waals surface area contributed by atoms with Gasteiger partial charge in [-0.3, -0.25) is 4.79 Å². The number of aliphatic hydroxyl groups is 1. The highest BCUT2D eigenvalue weighted by molar-refractivity contribution is 5.83. The SMILES string of the molecule is CC1(C)O[C@@H]2[C@H](O)[C@@H](COC(c3ccccc3)(c3ccccc3)c3ccccc3)NC(=O)[C@@H]2O1. The number of amides is 1. The summed E-state index contributed by atoms with van der Waals surface area (Å²) in [6.07, 6.45) is -2.58. The van der Waals surface area contributed by atoms with Gasteiger partial charge in [0.25, 0.3) is 5.91 Å². The van der Waals surface area contributed by atoms with Crippen molar-refractivity contribution in [1.82, 2.24) is 5.32 Å². The molecular formula is C28H29NO5. The van der Waals surface area contributed by atoms with Gasteiger partial charge in [-0.15, -0.1) is 0 Å². The van der Waals surface area contributed by atoms with Crippen molar-refractivity contribution < 1.29 is 24.1 Å². The second kappa shape index (κ2) is 8.96. The summed E-state index contributed by atoms with van der Waals surface area (Å²) in [6.45, 7) is 3.54. The summed E-state index contributed by atoms with van der Waals surface area (Å²) in [5.41, 5.74) is 1.90. The van der Waals surface area contributed by atoms with Crippen LogP contribution in [-0.2, 0) is 24.6 Å². The van der Waals surface area contributed by atoms with Crippen molar-refractivity contribution in [2.45, 2.75) is 49.6 Å². The first-order valence-corrected chi connectivity index (χ1v) is 11.6. The van der Waals surface area contributed by atoms with E-state index >= 15 is 0 Å². The number of aliphatic hydroxyl groups excluding tert-OH is 1. The molecule has 2 fully saturated rings. The normalized spacial score (nSPS) is 26.0. The van der Waals surface area contributed by atoms with Crippen LogP contribution >= 0.6 is 0 Å². The number of carbonyl (C=O) groups is 1. The molecule has 4 atom stereocenters. The second-order valence-electron chi connectivity index (χ2n) is 9.22. The molecule has 2 aliphatic heterocycles. The van der Waals surface area contributed by atoms with E-state index in [4.69, 9.17) is 14.2 Å². The quantitative estimate of drug-likeness (QED) is 0.553. The Hall–Kier alpha value is -3.03. The van der Waals surface area contributed by atoms with E-state index in [1.807, 2.05) is 91.0 Å². The minimum Gasteiger partial charge on any atom is -0.388 e. The summed E-state index contributed by atoms with van der Waals surface area (Å²) in [4.78, 5) is 12.8. The summed E-state index contributed by atoms with van der Waals surface area (Å²) in [5.74, 6) is -1.25. The molecule has 2 aliphatic rings. The van der Waals surface area contributed by atoms with E-state index in [9.17, 15) is 9.90 Å². The number of carbonyl (C=O) groups excluding carboxylic acids is 1. The molecule has 3 aromatic rings. The van der Waals surface area contributed by atoms with E-state index < -0.39 is 35.7 Å². The Balaban J connectivity index is 1.53. The van der Waals surface area contributed by atoms with Crippen molar-refractivity contribution in [3.05, 3.63) is 108 Å². The molecule has 2 saturated heterocycles. The van der Waals surface area contributed by atoms with E-state index in [-0.39, 0.29) is 12.5 Å². The van der Waals surface area contributed by atoms with Crippen molar-refractivity contribution in [2.75, 3.05) is 6.61 Å². The number of ether oxygens (including phenoxy) is 3. The lowest BCUT2D eigenvalue weighted by atomic mass is 9.80. The average molecular weight is 460 g/mol. The number of rotatable bonds is 6. The largest absolute Gasteiger partial charge is 0.388 e. The van der Waals surface area contributed by atoms with Crippen molar-refractivity contribution in [1.29, 1.82) is 0 Å². The van der Waals surface area contributed by atoms with Crippen molar-refractivity contribution in [2.24, 2.45) is 0 Å². The Kier molecular flexibility index (Phi) is 6.00. The van der Waals surface area contributed by atoms with Gasteiger partial charge >= 0.3 is 0 Å². The number of piperidine rings is 1. The molecule has 0 radical (unpaired) electrons. The third-order valence-corrected chi connectivity index (χ3v) is 6.48. The summed E-state index contributed by atoms with van der Waals surface area (Å²) in [5, 5.41) is 14.0. The molecule has 0 saturated carbocycles. The average Bonchev–Trinajstić information content (AvgIpc) is 3.21. The molecule has 5 rings (SSSR count). The number of benzene rings is 3. The number of hydrogen-bond acceptors (Lipinski definition) is 5. The topological polar surface area (TPSA) is 77.0 Å². The van der Waals surface area contributed by atoms with Gasteiger partial charge in [0.15, 0.2) is 11.9 Å². The van der Waals surface area contributed by atoms with Gasteiger partial charge in [0.1, 0.15) is 17.8 Å². The van der Waals surface area contributed by atoms with Gasteiger partial charge in [0, 0.05) is 0 Å². The summed E-state index contributed by atoms with van der Waals surface area (Å²) < 4.78 is 18.3. The summed E-state index contributed by atoms with van der Waals surface area (Å²) in [7, 11) is 0. The van der Waals surface area contributed by atoms with E-state index in [2.05, 4.69) is 5.32 Å². The van der Waals surface area contributed by atoms with Gasteiger partial charge in [-0.05, 0) is 30.5 Å². The van der Waals surface area contributed by atoms with Gasteiger partial charge in [0.05, 0.1) is 12.6 Å². The fourth-order valence-corrected chi connectivity index (χ4v) is 4.94. The van der Waals surface area contributed by atoms with Crippen molar-refractivity contribution in [3.63, 3.8) is 0 Å². The van der Waals surface area contributed by atoms with Gasteiger partial charge in [-0.2, -0.15) is 0 Å². The maximum Gasteiger partial charge on any atom is 0.252 e. The molecule has 2 N–H and O–H groups in total. The Bertz CT molecular complexity index is 1020. The fourth-order valence-electron chi connectivity index (χ4n) is 4.94. The third-order valence-electron chi connectivity index (χ3n) is 6.48. The summed E-state index contributed by atoms with van der Waals surface area (Å²) >= 11 is 0. The maximum absolute atomic E-state index is 12.8. The van der Waals surface area contributed by atoms with Crippen LogP contribution in [0.25, 0.3) is 0 Å². The molecule has 2 heterocycles. The number of nitrogens with one attached hydrogen (secondary N) is 1. The molecule has 34 heavy (non-hydrogen) atoms. The van der Waals surface area contributed by atoms with Gasteiger partial charge < -0.3 is 24.6 Å². The van der Waals surface area contributed by atoms with Gasteiger partial charge in [-0.25, -0.2) is 0 Å². The molecule has 1 amide bonds. The van der Waals surface area contributed by atoms with Crippen LogP contribution in [-0.4, -0.2) is 47.8 Å². The predicted molar refractivity (Wildman–Crippen MR) is 127 cm³/mol. The molecule has 6 heteroatoms. The van der Waals surface area contributed by atoms with E-state index in [0.717, 1.165) is 16.7 Å². The Morgan fingerprint density at radius 3 is 1.79 bits per heavy atom. The third kappa shape index (κ3) is 4.03. The van der Waals surface area contributed by atoms with Crippen LogP contribution in [0.5, 0.6) is 0 Å². The zero-order valence-electron chi connectivity index (χ0n) is 19.3. The maximum atomic E-state index is 12.8. The highest BCUT2D eigenvalue weighted by Crippen LogP contribution is 2.41. The van der Waals surface area contributed by atoms with Crippen LogP contribution in [0.2, 0.25) is 0 Å². The monoisotopic (exact) mass is 459 g/mol. The van der Waals surface area contributed by atoms with Crippen LogP contribution < -0.4 is 5.32 Å². The molecule has 0 unspecified atom stereocenters. The highest BCUT2D eigenvalue weighted by Gasteiger charge is 2.54. The molecule has 0 spiro atoms. The number of fused-ring (bicyclic) bond motifs is 1. The number of hydrogen-bond donors (Lipinski definition) is 2. The fraction of sp³-hybridized carbons (Fsp3) is 0.321. The molecule has 0 bridgehead atoms. The Morgan fingerprint density at radius 2 is 1.32 bits per heavy atom. The van der Waals surface area contributed by atoms with Crippen LogP contribution in [0.3, 0.4) is 0 Å². The Morgan fingerprint density at radius 1 is 0.853 bits per heavy atom. The summed E-state index contributed by atoms with van der Waals surface area (Å²) in [6, 6.07) is 29.3. The van der Waals surface area contributed by atoms with Gasteiger partial charge in [-0.1, -0.05) is 91.0 Å².